The van der Waals surface area contributed by atoms with E-state index in [2.05, 4.69) is 0 Å². The highest BCUT2D eigenvalue weighted by molar-refractivity contribution is 5.94. The Kier molecular flexibility index (Phi) is 4.24. The van der Waals surface area contributed by atoms with Crippen LogP contribution in [0.25, 0.3) is 0 Å². The van der Waals surface area contributed by atoms with Crippen molar-refractivity contribution in [3.63, 3.8) is 0 Å². The lowest BCUT2D eigenvalue weighted by Gasteiger charge is -2.35. The number of nitrogens with zero attached hydrogens (tertiary/aromatic N) is 2. The number of hydrogen-bond acceptors (Lipinski definition) is 4. The maximum Gasteiger partial charge on any atom is 0.253 e. The molecule has 0 aromatic heterocycles. The van der Waals surface area contributed by atoms with E-state index in [0.29, 0.717) is 38.3 Å². The molecule has 0 bridgehead atoms. The molecule has 1 saturated heterocycles. The summed E-state index contributed by atoms with van der Waals surface area (Å²) in [7, 11) is 0. The quantitative estimate of drug-likeness (QED) is 0.896. The minimum atomic E-state index is -0.259. The van der Waals surface area contributed by atoms with E-state index in [4.69, 9.17) is 4.74 Å². The number of hydrogen-bond donors (Lipinski definition) is 1. The summed E-state index contributed by atoms with van der Waals surface area (Å²) < 4.78 is 5.62. The lowest BCUT2D eigenvalue weighted by atomic mass is 9.99. The molecule has 0 radical (unpaired) electrons. The molecular formula is C20H20N2O4. The third-order valence-electron chi connectivity index (χ3n) is 4.99. The number of rotatable bonds is 2. The van der Waals surface area contributed by atoms with Gasteiger partial charge in [0.05, 0.1) is 0 Å². The summed E-state index contributed by atoms with van der Waals surface area (Å²) >= 11 is 0. The molecule has 6 nitrogen and oxygen atoms in total. The largest absolute Gasteiger partial charge is 0.508 e. The number of phenolic OH excluding ortho intramolecular Hbond substituents is 1. The molecule has 134 valence electrons. The van der Waals surface area contributed by atoms with Gasteiger partial charge in [-0.3, -0.25) is 9.59 Å². The predicted octanol–water partition coefficient (Wildman–Crippen LogP) is 1.85. The second-order valence-electron chi connectivity index (χ2n) is 6.57. The molecule has 2 amide bonds. The Morgan fingerprint density at radius 1 is 0.923 bits per heavy atom. The summed E-state index contributed by atoms with van der Waals surface area (Å²) in [5, 5.41) is 9.34. The summed E-state index contributed by atoms with van der Waals surface area (Å²) in [5.41, 5.74) is 1.49. The van der Waals surface area contributed by atoms with Gasteiger partial charge in [-0.15, -0.1) is 0 Å². The van der Waals surface area contributed by atoms with Gasteiger partial charge in [-0.1, -0.05) is 18.2 Å². The highest BCUT2D eigenvalue weighted by atomic mass is 16.5. The number of carbonyl (C=O) groups excluding carboxylic acids is 2. The van der Waals surface area contributed by atoms with Crippen molar-refractivity contribution in [2.45, 2.75) is 5.92 Å². The van der Waals surface area contributed by atoms with Gasteiger partial charge in [0.25, 0.3) is 5.91 Å². The number of aromatic hydroxyl groups is 1. The minimum Gasteiger partial charge on any atom is -0.508 e. The Bertz CT molecular complexity index is 826. The first-order chi connectivity index (χ1) is 12.6. The molecule has 1 fully saturated rings. The minimum absolute atomic E-state index is 0.0617. The zero-order valence-corrected chi connectivity index (χ0v) is 14.3. The van der Waals surface area contributed by atoms with Crippen molar-refractivity contribution in [3.05, 3.63) is 59.7 Å². The highest BCUT2D eigenvalue weighted by Crippen LogP contribution is 2.34. The topological polar surface area (TPSA) is 70.1 Å². The normalized spacial score (nSPS) is 19.0. The SMILES string of the molecule is O=C(c1ccc(O)cc1)N1CCN(C(=O)C2COc3ccccc32)CC1. The number of fused-ring (bicyclic) bond motifs is 1. The van der Waals surface area contributed by atoms with Crippen molar-refractivity contribution < 1.29 is 19.4 Å². The van der Waals surface area contributed by atoms with Crippen molar-refractivity contribution in [2.75, 3.05) is 32.8 Å². The lowest BCUT2D eigenvalue weighted by Crippen LogP contribution is -2.51. The molecule has 2 aliphatic rings. The van der Waals surface area contributed by atoms with E-state index in [1.807, 2.05) is 29.2 Å². The van der Waals surface area contributed by atoms with Crippen molar-refractivity contribution in [3.8, 4) is 11.5 Å². The van der Waals surface area contributed by atoms with Crippen LogP contribution in [0.3, 0.4) is 0 Å². The van der Waals surface area contributed by atoms with Gasteiger partial charge in [0, 0.05) is 37.3 Å². The van der Waals surface area contributed by atoms with Crippen LogP contribution < -0.4 is 4.74 Å². The molecule has 4 rings (SSSR count). The molecule has 2 aromatic carbocycles. The van der Waals surface area contributed by atoms with Crippen LogP contribution in [0, 0.1) is 0 Å². The second-order valence-corrected chi connectivity index (χ2v) is 6.57. The Labute approximate surface area is 151 Å². The van der Waals surface area contributed by atoms with Crippen LogP contribution >= 0.6 is 0 Å². The summed E-state index contributed by atoms with van der Waals surface area (Å²) in [6.45, 7) is 2.41. The van der Waals surface area contributed by atoms with Gasteiger partial charge >= 0.3 is 0 Å². The lowest BCUT2D eigenvalue weighted by molar-refractivity contribution is -0.134. The van der Waals surface area contributed by atoms with E-state index in [9.17, 15) is 14.7 Å². The monoisotopic (exact) mass is 352 g/mol. The molecule has 6 heteroatoms. The maximum absolute atomic E-state index is 12.9. The maximum atomic E-state index is 12.9. The first-order valence-electron chi connectivity index (χ1n) is 8.72. The summed E-state index contributed by atoms with van der Waals surface area (Å²) in [6.07, 6.45) is 0. The summed E-state index contributed by atoms with van der Waals surface area (Å²) in [6, 6.07) is 13.9. The summed E-state index contributed by atoms with van der Waals surface area (Å²) in [4.78, 5) is 29.0. The van der Waals surface area contributed by atoms with Crippen LogP contribution in [0.4, 0.5) is 0 Å². The molecule has 2 heterocycles. The van der Waals surface area contributed by atoms with Gasteiger partial charge in [-0.2, -0.15) is 0 Å². The van der Waals surface area contributed by atoms with Crippen LogP contribution in [0.15, 0.2) is 48.5 Å². The standard InChI is InChI=1S/C20H20N2O4/c23-15-7-5-14(6-8-15)19(24)21-9-11-22(12-10-21)20(25)17-13-26-18-4-2-1-3-16(17)18/h1-8,17,23H,9-13H2. The number of carbonyl (C=O) groups is 2. The van der Waals surface area contributed by atoms with Crippen LogP contribution in [0.5, 0.6) is 11.5 Å². The number of amides is 2. The molecule has 26 heavy (non-hydrogen) atoms. The highest BCUT2D eigenvalue weighted by Gasteiger charge is 2.35. The van der Waals surface area contributed by atoms with Crippen LogP contribution in [-0.2, 0) is 4.79 Å². The third-order valence-corrected chi connectivity index (χ3v) is 4.99. The molecule has 2 aromatic rings. The Balaban J connectivity index is 1.39. The van der Waals surface area contributed by atoms with Gasteiger partial charge in [0.15, 0.2) is 0 Å². The van der Waals surface area contributed by atoms with Crippen molar-refractivity contribution in [1.29, 1.82) is 0 Å². The van der Waals surface area contributed by atoms with Crippen molar-refractivity contribution in [1.82, 2.24) is 9.80 Å². The van der Waals surface area contributed by atoms with Gasteiger partial charge < -0.3 is 19.6 Å². The number of ether oxygens (including phenoxy) is 1. The smallest absolute Gasteiger partial charge is 0.253 e. The van der Waals surface area contributed by atoms with E-state index in [1.54, 1.807) is 17.0 Å². The van der Waals surface area contributed by atoms with Crippen LogP contribution in [0.1, 0.15) is 21.8 Å². The van der Waals surface area contributed by atoms with E-state index in [1.165, 1.54) is 12.1 Å². The van der Waals surface area contributed by atoms with Crippen LogP contribution in [-0.4, -0.2) is 59.5 Å². The van der Waals surface area contributed by atoms with Crippen LogP contribution in [0.2, 0.25) is 0 Å². The molecule has 1 N–H and O–H groups in total. The number of para-hydroxylation sites is 1. The molecule has 1 atom stereocenters. The van der Waals surface area contributed by atoms with Gasteiger partial charge in [-0.25, -0.2) is 0 Å². The number of benzene rings is 2. The zero-order chi connectivity index (χ0) is 18.1. The predicted molar refractivity (Wildman–Crippen MR) is 95.3 cm³/mol. The molecule has 0 saturated carbocycles. The fourth-order valence-corrected chi connectivity index (χ4v) is 3.50. The molecule has 0 spiro atoms. The van der Waals surface area contributed by atoms with Gasteiger partial charge in [0.2, 0.25) is 5.91 Å². The number of phenols is 1. The van der Waals surface area contributed by atoms with Gasteiger partial charge in [0.1, 0.15) is 24.0 Å². The van der Waals surface area contributed by atoms with E-state index < -0.39 is 0 Å². The van der Waals surface area contributed by atoms with Crippen molar-refractivity contribution >= 4 is 11.8 Å². The van der Waals surface area contributed by atoms with E-state index in [0.717, 1.165) is 11.3 Å². The number of piperazine rings is 1. The summed E-state index contributed by atoms with van der Waals surface area (Å²) in [5.74, 6) is 0.645. The average Bonchev–Trinajstić information content (AvgIpc) is 3.12. The molecule has 2 aliphatic heterocycles. The van der Waals surface area contributed by atoms with Crippen molar-refractivity contribution in [2.24, 2.45) is 0 Å². The molecule has 0 aliphatic carbocycles. The first kappa shape index (κ1) is 16.4. The average molecular weight is 352 g/mol. The second kappa shape index (κ2) is 6.71. The fraction of sp³-hybridized carbons (Fsp3) is 0.300. The van der Waals surface area contributed by atoms with E-state index in [-0.39, 0.29) is 23.5 Å². The molecule has 1 unspecified atom stereocenters. The fourth-order valence-electron chi connectivity index (χ4n) is 3.50. The third kappa shape index (κ3) is 2.98. The van der Waals surface area contributed by atoms with Gasteiger partial charge in [-0.05, 0) is 30.3 Å². The first-order valence-corrected chi connectivity index (χ1v) is 8.72. The zero-order valence-electron chi connectivity index (χ0n) is 14.3. The Morgan fingerprint density at radius 2 is 1.58 bits per heavy atom. The molecular weight excluding hydrogens is 332 g/mol. The Hall–Kier alpha value is -3.02. The van der Waals surface area contributed by atoms with E-state index >= 15 is 0 Å². The Morgan fingerprint density at radius 3 is 2.31 bits per heavy atom.